The van der Waals surface area contributed by atoms with Gasteiger partial charge in [0.1, 0.15) is 0 Å². The Morgan fingerprint density at radius 3 is 2.52 bits per heavy atom. The Bertz CT molecular complexity index is 518. The number of aliphatic hydroxyl groups excluding tert-OH is 1. The number of hydrazone groups is 1. The lowest BCUT2D eigenvalue weighted by molar-refractivity contribution is -0.116. The number of nitrogens with zero attached hydrogens (tertiary/aromatic N) is 1. The van der Waals surface area contributed by atoms with E-state index in [9.17, 15) is 5.11 Å². The van der Waals surface area contributed by atoms with E-state index in [0.29, 0.717) is 11.3 Å². The third kappa shape index (κ3) is 2.08. The molecule has 0 bridgehead atoms. The maximum Gasteiger partial charge on any atom is 0.0596 e. The predicted molar refractivity (Wildman–Crippen MR) is 93.9 cm³/mol. The molecule has 0 radical (unpaired) electrons. The maximum absolute atomic E-state index is 10.5. The van der Waals surface area contributed by atoms with Gasteiger partial charge in [-0.15, -0.1) is 0 Å². The molecular formula is C20H34N2O. The molecule has 4 aliphatic rings. The van der Waals surface area contributed by atoms with Crippen LogP contribution in [-0.2, 0) is 0 Å². The first-order chi connectivity index (χ1) is 10.9. The van der Waals surface area contributed by atoms with Crippen LogP contribution >= 0.6 is 0 Å². The van der Waals surface area contributed by atoms with E-state index in [4.69, 9.17) is 5.84 Å². The summed E-state index contributed by atoms with van der Waals surface area (Å²) < 4.78 is 0. The monoisotopic (exact) mass is 318 g/mol. The van der Waals surface area contributed by atoms with E-state index in [1.54, 1.807) is 0 Å². The van der Waals surface area contributed by atoms with Gasteiger partial charge < -0.3 is 10.9 Å². The lowest BCUT2D eigenvalue weighted by atomic mass is 9.44. The zero-order valence-electron chi connectivity index (χ0n) is 15.1. The van der Waals surface area contributed by atoms with Gasteiger partial charge in [-0.1, -0.05) is 20.8 Å². The van der Waals surface area contributed by atoms with Crippen LogP contribution in [0.1, 0.15) is 72.1 Å². The van der Waals surface area contributed by atoms with Gasteiger partial charge in [-0.3, -0.25) is 0 Å². The van der Waals surface area contributed by atoms with Gasteiger partial charge in [-0.2, -0.15) is 5.10 Å². The molecule has 4 rings (SSSR count). The van der Waals surface area contributed by atoms with Gasteiger partial charge in [0.25, 0.3) is 0 Å². The van der Waals surface area contributed by atoms with Crippen LogP contribution in [0.15, 0.2) is 5.10 Å². The minimum absolute atomic E-state index is 0.0553. The summed E-state index contributed by atoms with van der Waals surface area (Å²) in [7, 11) is 0. The fourth-order valence-corrected chi connectivity index (χ4v) is 7.57. The van der Waals surface area contributed by atoms with Crippen molar-refractivity contribution in [3.8, 4) is 0 Å². The van der Waals surface area contributed by atoms with Crippen molar-refractivity contribution < 1.29 is 5.11 Å². The van der Waals surface area contributed by atoms with Crippen molar-refractivity contribution in [1.82, 2.24) is 0 Å². The Morgan fingerprint density at radius 1 is 1.04 bits per heavy atom. The lowest BCUT2D eigenvalue weighted by Gasteiger charge is -2.61. The fraction of sp³-hybridized carbons (Fsp3) is 0.950. The SMILES string of the molecule is C[C@H]1C[C@@]2(C)[C@H](CC[C@@H]3[C@@H]2CC[C@]2(C)[C@@H](O)CC[C@@H]32)CC1=NN. The molecule has 0 aromatic heterocycles. The molecule has 0 aromatic carbocycles. The fourth-order valence-electron chi connectivity index (χ4n) is 7.57. The minimum Gasteiger partial charge on any atom is -0.393 e. The summed E-state index contributed by atoms with van der Waals surface area (Å²) in [5.41, 5.74) is 1.92. The Morgan fingerprint density at radius 2 is 1.78 bits per heavy atom. The van der Waals surface area contributed by atoms with E-state index < -0.39 is 0 Å². The number of fused-ring (bicyclic) bond motifs is 5. The molecule has 0 aliphatic heterocycles. The quantitative estimate of drug-likeness (QED) is 0.525. The summed E-state index contributed by atoms with van der Waals surface area (Å²) in [6, 6.07) is 0. The van der Waals surface area contributed by atoms with Crippen LogP contribution in [0.2, 0.25) is 0 Å². The second-order valence-corrected chi connectivity index (χ2v) is 9.72. The first kappa shape index (κ1) is 15.9. The van der Waals surface area contributed by atoms with Crippen LogP contribution in [0.4, 0.5) is 0 Å². The van der Waals surface area contributed by atoms with Crippen molar-refractivity contribution in [2.45, 2.75) is 78.2 Å². The molecule has 3 heteroatoms. The molecule has 23 heavy (non-hydrogen) atoms. The summed E-state index contributed by atoms with van der Waals surface area (Å²) in [5, 5.41) is 14.7. The van der Waals surface area contributed by atoms with Gasteiger partial charge in [-0.05, 0) is 91.8 Å². The molecule has 4 aliphatic carbocycles. The highest BCUT2D eigenvalue weighted by Crippen LogP contribution is 2.66. The Labute approximate surface area is 141 Å². The average molecular weight is 319 g/mol. The van der Waals surface area contributed by atoms with Gasteiger partial charge in [-0.25, -0.2) is 0 Å². The summed E-state index contributed by atoms with van der Waals surface area (Å²) in [6.45, 7) is 7.28. The Kier molecular flexibility index (Phi) is 3.61. The van der Waals surface area contributed by atoms with Gasteiger partial charge >= 0.3 is 0 Å². The van der Waals surface area contributed by atoms with E-state index in [1.807, 2.05) is 0 Å². The zero-order valence-corrected chi connectivity index (χ0v) is 15.1. The highest BCUT2D eigenvalue weighted by Gasteiger charge is 2.60. The molecule has 0 saturated heterocycles. The average Bonchev–Trinajstić information content (AvgIpc) is 2.82. The third-order valence-electron chi connectivity index (χ3n) is 8.95. The van der Waals surface area contributed by atoms with Crippen LogP contribution < -0.4 is 5.84 Å². The van der Waals surface area contributed by atoms with E-state index in [0.717, 1.165) is 36.5 Å². The Hall–Kier alpha value is -0.570. The van der Waals surface area contributed by atoms with Crippen molar-refractivity contribution >= 4 is 5.71 Å². The largest absolute Gasteiger partial charge is 0.393 e. The molecule has 0 aromatic rings. The maximum atomic E-state index is 10.5. The molecule has 0 spiro atoms. The zero-order chi connectivity index (χ0) is 16.4. The minimum atomic E-state index is -0.0553. The van der Waals surface area contributed by atoms with Crippen LogP contribution in [-0.4, -0.2) is 16.9 Å². The lowest BCUT2D eigenvalue weighted by Crippen LogP contribution is -2.55. The van der Waals surface area contributed by atoms with E-state index in [1.165, 1.54) is 44.2 Å². The number of hydrogen-bond acceptors (Lipinski definition) is 3. The summed E-state index contributed by atoms with van der Waals surface area (Å²) in [4.78, 5) is 0. The van der Waals surface area contributed by atoms with E-state index >= 15 is 0 Å². The molecule has 0 heterocycles. The molecule has 0 amide bonds. The summed E-state index contributed by atoms with van der Waals surface area (Å²) >= 11 is 0. The molecule has 4 saturated carbocycles. The van der Waals surface area contributed by atoms with Gasteiger partial charge in [0.2, 0.25) is 0 Å². The van der Waals surface area contributed by atoms with Gasteiger partial charge in [0.05, 0.1) is 6.10 Å². The van der Waals surface area contributed by atoms with Crippen LogP contribution in [0.3, 0.4) is 0 Å². The first-order valence-corrected chi connectivity index (χ1v) is 9.85. The van der Waals surface area contributed by atoms with Crippen LogP contribution in [0.5, 0.6) is 0 Å². The smallest absolute Gasteiger partial charge is 0.0596 e. The van der Waals surface area contributed by atoms with E-state index in [2.05, 4.69) is 25.9 Å². The van der Waals surface area contributed by atoms with Crippen molar-refractivity contribution in [3.05, 3.63) is 0 Å². The predicted octanol–water partition coefficient (Wildman–Crippen LogP) is 3.95. The number of hydrogen-bond donors (Lipinski definition) is 2. The molecule has 0 unspecified atom stereocenters. The first-order valence-electron chi connectivity index (χ1n) is 9.85. The van der Waals surface area contributed by atoms with Crippen molar-refractivity contribution in [2.75, 3.05) is 0 Å². The van der Waals surface area contributed by atoms with Crippen LogP contribution in [0, 0.1) is 40.4 Å². The summed E-state index contributed by atoms with van der Waals surface area (Å²) in [6.07, 6.45) is 9.88. The highest BCUT2D eigenvalue weighted by molar-refractivity contribution is 5.87. The Balaban J connectivity index is 1.63. The standard InChI is InChI=1S/C20H34N2O/c1-12-11-20(3)13(10-17(12)22-21)4-5-14-15-6-7-18(23)19(15,2)9-8-16(14)20/h12-16,18,23H,4-11,21H2,1-3H3/t12-,13+,14-,15-,16-,18-,19-,20-/m0/s1. The van der Waals surface area contributed by atoms with Crippen molar-refractivity contribution in [2.24, 2.45) is 51.4 Å². The van der Waals surface area contributed by atoms with Crippen molar-refractivity contribution in [3.63, 3.8) is 0 Å². The van der Waals surface area contributed by atoms with E-state index in [-0.39, 0.29) is 11.5 Å². The number of rotatable bonds is 0. The van der Waals surface area contributed by atoms with Gasteiger partial charge in [0.15, 0.2) is 0 Å². The molecule has 3 nitrogen and oxygen atoms in total. The van der Waals surface area contributed by atoms with Gasteiger partial charge in [0, 0.05) is 5.71 Å². The summed E-state index contributed by atoms with van der Waals surface area (Å²) in [5.74, 6) is 9.43. The van der Waals surface area contributed by atoms with Crippen molar-refractivity contribution in [1.29, 1.82) is 0 Å². The van der Waals surface area contributed by atoms with Crippen LogP contribution in [0.25, 0.3) is 0 Å². The number of aliphatic hydroxyl groups is 1. The number of nitrogens with two attached hydrogens (primary N) is 1. The highest BCUT2D eigenvalue weighted by atomic mass is 16.3. The molecule has 130 valence electrons. The molecular weight excluding hydrogens is 284 g/mol. The second-order valence-electron chi connectivity index (χ2n) is 9.72. The normalized spacial score (nSPS) is 57.7. The second kappa shape index (κ2) is 5.21. The molecule has 4 fully saturated rings. The third-order valence-corrected chi connectivity index (χ3v) is 8.95. The topological polar surface area (TPSA) is 58.6 Å². The molecule has 3 N–H and O–H groups in total. The molecule has 8 atom stereocenters.